The fourth-order valence-electron chi connectivity index (χ4n) is 2.51. The number of hydrogen-bond donors (Lipinski definition) is 1. The van der Waals surface area contributed by atoms with E-state index in [0.717, 1.165) is 18.1 Å². The summed E-state index contributed by atoms with van der Waals surface area (Å²) in [6.45, 7) is 3.01. The molecule has 0 amide bonds. The molecule has 0 saturated carbocycles. The topological polar surface area (TPSA) is 21.3 Å². The van der Waals surface area contributed by atoms with E-state index in [-0.39, 0.29) is 0 Å². The quantitative estimate of drug-likeness (QED) is 0.876. The van der Waals surface area contributed by atoms with Gasteiger partial charge >= 0.3 is 0 Å². The molecule has 1 fully saturated rings. The maximum absolute atomic E-state index is 6.03. The summed E-state index contributed by atoms with van der Waals surface area (Å²) in [6, 6.07) is 8.40. The lowest BCUT2D eigenvalue weighted by molar-refractivity contribution is 0.0963. The predicted octanol–water partition coefficient (Wildman–Crippen LogP) is 3.03. The maximum atomic E-state index is 6.03. The Kier molecular flexibility index (Phi) is 3.85. The number of benzene rings is 1. The zero-order valence-electron chi connectivity index (χ0n) is 9.74. The number of hydrogen-bond acceptors (Lipinski definition) is 2. The van der Waals surface area contributed by atoms with E-state index < -0.39 is 0 Å². The molecule has 3 atom stereocenters. The van der Waals surface area contributed by atoms with Gasteiger partial charge in [-0.15, -0.1) is 0 Å². The van der Waals surface area contributed by atoms with E-state index in [2.05, 4.69) is 18.3 Å². The summed E-state index contributed by atoms with van der Waals surface area (Å²) in [4.78, 5) is 0. The lowest BCUT2D eigenvalue weighted by atomic mass is 9.88. The van der Waals surface area contributed by atoms with E-state index in [0.29, 0.717) is 18.1 Å². The summed E-state index contributed by atoms with van der Waals surface area (Å²) in [5, 5.41) is 4.17. The third-order valence-electron chi connectivity index (χ3n) is 3.38. The van der Waals surface area contributed by atoms with Gasteiger partial charge in [-0.05, 0) is 38.1 Å². The normalized spacial score (nSPS) is 26.9. The number of rotatable bonds is 3. The predicted molar refractivity (Wildman–Crippen MR) is 66.8 cm³/mol. The lowest BCUT2D eigenvalue weighted by Gasteiger charge is -2.26. The molecule has 1 aliphatic heterocycles. The molecule has 2 nitrogen and oxygen atoms in total. The van der Waals surface area contributed by atoms with Gasteiger partial charge in [-0.2, -0.15) is 0 Å². The van der Waals surface area contributed by atoms with Crippen molar-refractivity contribution in [1.29, 1.82) is 0 Å². The molecule has 1 saturated heterocycles. The summed E-state index contributed by atoms with van der Waals surface area (Å²) in [7, 11) is 2.00. The smallest absolute Gasteiger partial charge is 0.0594 e. The highest BCUT2D eigenvalue weighted by Crippen LogP contribution is 2.33. The fraction of sp³-hybridized carbons (Fsp3) is 0.538. The molecule has 1 N–H and O–H groups in total. The monoisotopic (exact) mass is 239 g/mol. The lowest BCUT2D eigenvalue weighted by Crippen LogP contribution is -2.29. The van der Waals surface area contributed by atoms with Crippen molar-refractivity contribution in [2.75, 3.05) is 13.7 Å². The third kappa shape index (κ3) is 2.40. The zero-order chi connectivity index (χ0) is 11.5. The Morgan fingerprint density at radius 3 is 2.88 bits per heavy atom. The first-order chi connectivity index (χ1) is 7.72. The highest BCUT2D eigenvalue weighted by Gasteiger charge is 2.31. The molecule has 1 aliphatic rings. The van der Waals surface area contributed by atoms with Crippen LogP contribution < -0.4 is 5.32 Å². The summed E-state index contributed by atoms with van der Waals surface area (Å²) >= 11 is 6.03. The fourth-order valence-corrected chi connectivity index (χ4v) is 2.71. The molecular formula is C13H18ClNO. The molecular weight excluding hydrogens is 222 g/mol. The van der Waals surface area contributed by atoms with Crippen LogP contribution in [0.3, 0.4) is 0 Å². The van der Waals surface area contributed by atoms with Gasteiger partial charge in [0.15, 0.2) is 0 Å². The molecule has 0 spiro atoms. The van der Waals surface area contributed by atoms with Crippen molar-refractivity contribution in [2.45, 2.75) is 25.5 Å². The van der Waals surface area contributed by atoms with Gasteiger partial charge in [-0.3, -0.25) is 0 Å². The van der Waals surface area contributed by atoms with E-state index in [1.165, 1.54) is 5.56 Å². The summed E-state index contributed by atoms with van der Waals surface area (Å²) < 4.78 is 5.63. The molecule has 0 aliphatic carbocycles. The van der Waals surface area contributed by atoms with E-state index in [9.17, 15) is 0 Å². The van der Waals surface area contributed by atoms with Gasteiger partial charge in [0, 0.05) is 23.6 Å². The Labute approximate surface area is 102 Å². The van der Waals surface area contributed by atoms with Crippen LogP contribution in [-0.2, 0) is 4.74 Å². The molecule has 0 bridgehead atoms. The van der Waals surface area contributed by atoms with Crippen molar-refractivity contribution in [3.8, 4) is 0 Å². The van der Waals surface area contributed by atoms with Crippen LogP contribution in [-0.4, -0.2) is 19.8 Å². The summed E-state index contributed by atoms with van der Waals surface area (Å²) in [5.41, 5.74) is 1.25. The van der Waals surface area contributed by atoms with Crippen molar-refractivity contribution in [1.82, 2.24) is 5.32 Å². The van der Waals surface area contributed by atoms with Crippen molar-refractivity contribution in [2.24, 2.45) is 5.92 Å². The Hall–Kier alpha value is -0.570. The molecule has 16 heavy (non-hydrogen) atoms. The van der Waals surface area contributed by atoms with Crippen molar-refractivity contribution < 1.29 is 4.74 Å². The molecule has 1 heterocycles. The first kappa shape index (κ1) is 11.9. The van der Waals surface area contributed by atoms with E-state index >= 15 is 0 Å². The molecule has 3 unspecified atom stereocenters. The standard InChI is InChI=1S/C13H18ClNO/c1-9-12(6-7-16-9)13(15-2)10-4-3-5-11(14)8-10/h3-5,8-9,12-13,15H,6-7H2,1-2H3. The van der Waals surface area contributed by atoms with Gasteiger partial charge in [0.25, 0.3) is 0 Å². The highest BCUT2D eigenvalue weighted by molar-refractivity contribution is 6.30. The zero-order valence-corrected chi connectivity index (χ0v) is 10.5. The Morgan fingerprint density at radius 2 is 2.31 bits per heavy atom. The van der Waals surface area contributed by atoms with E-state index in [1.807, 2.05) is 25.2 Å². The van der Waals surface area contributed by atoms with Crippen molar-refractivity contribution >= 4 is 11.6 Å². The van der Waals surface area contributed by atoms with Crippen LogP contribution >= 0.6 is 11.6 Å². The van der Waals surface area contributed by atoms with Crippen LogP contribution in [0.2, 0.25) is 5.02 Å². The van der Waals surface area contributed by atoms with Crippen molar-refractivity contribution in [3.63, 3.8) is 0 Å². The second-order valence-corrected chi connectivity index (χ2v) is 4.79. The SMILES string of the molecule is CNC(c1cccc(Cl)c1)C1CCOC1C. The maximum Gasteiger partial charge on any atom is 0.0594 e. The van der Waals surface area contributed by atoms with Gasteiger partial charge in [0.1, 0.15) is 0 Å². The van der Waals surface area contributed by atoms with Gasteiger partial charge < -0.3 is 10.1 Å². The minimum Gasteiger partial charge on any atom is -0.378 e. The molecule has 3 heteroatoms. The molecule has 1 aromatic carbocycles. The number of ether oxygens (including phenoxy) is 1. The van der Waals surface area contributed by atoms with Gasteiger partial charge in [-0.25, -0.2) is 0 Å². The van der Waals surface area contributed by atoms with Gasteiger partial charge in [-0.1, -0.05) is 23.7 Å². The van der Waals surface area contributed by atoms with Crippen LogP contribution in [0, 0.1) is 5.92 Å². The van der Waals surface area contributed by atoms with E-state index in [4.69, 9.17) is 16.3 Å². The molecule has 0 radical (unpaired) electrons. The minimum absolute atomic E-state index is 0.316. The molecule has 0 aromatic heterocycles. The Bertz CT molecular complexity index is 356. The minimum atomic E-state index is 0.316. The second-order valence-electron chi connectivity index (χ2n) is 4.35. The number of nitrogens with one attached hydrogen (secondary N) is 1. The van der Waals surface area contributed by atoms with Crippen LogP contribution in [0.1, 0.15) is 24.9 Å². The van der Waals surface area contributed by atoms with E-state index in [1.54, 1.807) is 0 Å². The Balaban J connectivity index is 2.21. The second kappa shape index (κ2) is 5.17. The largest absolute Gasteiger partial charge is 0.378 e. The van der Waals surface area contributed by atoms with Crippen LogP contribution in [0.5, 0.6) is 0 Å². The highest BCUT2D eigenvalue weighted by atomic mass is 35.5. The average molecular weight is 240 g/mol. The van der Waals surface area contributed by atoms with Crippen molar-refractivity contribution in [3.05, 3.63) is 34.9 Å². The van der Waals surface area contributed by atoms with Gasteiger partial charge in [0.05, 0.1) is 6.10 Å². The summed E-state index contributed by atoms with van der Waals surface area (Å²) in [5.74, 6) is 0.531. The van der Waals surface area contributed by atoms with Crippen LogP contribution in [0.4, 0.5) is 0 Å². The molecule has 1 aromatic rings. The average Bonchev–Trinajstić information content (AvgIpc) is 2.67. The van der Waals surface area contributed by atoms with Gasteiger partial charge in [0.2, 0.25) is 0 Å². The third-order valence-corrected chi connectivity index (χ3v) is 3.62. The first-order valence-electron chi connectivity index (χ1n) is 5.76. The Morgan fingerprint density at radius 1 is 1.50 bits per heavy atom. The first-order valence-corrected chi connectivity index (χ1v) is 6.14. The van der Waals surface area contributed by atoms with Crippen LogP contribution in [0.15, 0.2) is 24.3 Å². The summed E-state index contributed by atoms with van der Waals surface area (Å²) in [6.07, 6.45) is 1.43. The molecule has 88 valence electrons. The van der Waals surface area contributed by atoms with Crippen LogP contribution in [0.25, 0.3) is 0 Å². The molecule has 2 rings (SSSR count). The number of halogens is 1.